The normalized spacial score (nSPS) is 10.3. The Hall–Kier alpha value is -2.01. The third-order valence-electron chi connectivity index (χ3n) is 2.30. The fourth-order valence-corrected chi connectivity index (χ4v) is 1.73. The number of benzene rings is 1. The number of carbonyl (C=O) groups is 1. The van der Waals surface area contributed by atoms with Gasteiger partial charge >= 0.3 is 0 Å². The number of nitrogens with two attached hydrogens (primary N) is 1. The summed E-state index contributed by atoms with van der Waals surface area (Å²) < 4.78 is 7.21. The van der Waals surface area contributed by atoms with Crippen molar-refractivity contribution >= 4 is 17.5 Å². The number of amides is 1. The van der Waals surface area contributed by atoms with Gasteiger partial charge in [0, 0.05) is 23.0 Å². The minimum Gasteiger partial charge on any atom is -0.483 e. The smallest absolute Gasteiger partial charge is 0.255 e. The number of imidazole rings is 1. The molecular weight excluding hydrogens is 254 g/mol. The van der Waals surface area contributed by atoms with E-state index >= 15 is 0 Å². The molecule has 0 saturated heterocycles. The number of hydrogen-bond donors (Lipinski definition) is 1. The first-order valence-corrected chi connectivity index (χ1v) is 5.68. The highest BCUT2D eigenvalue weighted by Crippen LogP contribution is 2.23. The van der Waals surface area contributed by atoms with Gasteiger partial charge in [0.05, 0.1) is 12.9 Å². The van der Waals surface area contributed by atoms with Gasteiger partial charge in [-0.3, -0.25) is 4.79 Å². The van der Waals surface area contributed by atoms with Crippen molar-refractivity contribution in [1.29, 1.82) is 0 Å². The average molecular weight is 266 g/mol. The Kier molecular flexibility index (Phi) is 3.84. The first-order valence-electron chi connectivity index (χ1n) is 5.30. The number of rotatable bonds is 5. The molecule has 0 fully saturated rings. The Labute approximate surface area is 109 Å². The zero-order chi connectivity index (χ0) is 13.0. The number of aromatic nitrogens is 2. The summed E-state index contributed by atoms with van der Waals surface area (Å²) in [5, 5.41) is 0.608. The molecule has 18 heavy (non-hydrogen) atoms. The van der Waals surface area contributed by atoms with Gasteiger partial charge in [-0.2, -0.15) is 0 Å². The van der Waals surface area contributed by atoms with E-state index in [0.717, 1.165) is 5.56 Å². The van der Waals surface area contributed by atoms with Crippen molar-refractivity contribution in [2.45, 2.75) is 6.54 Å². The van der Waals surface area contributed by atoms with Crippen molar-refractivity contribution in [3.8, 4) is 5.75 Å². The largest absolute Gasteiger partial charge is 0.483 e. The molecule has 0 aliphatic heterocycles. The number of hydrogen-bond acceptors (Lipinski definition) is 3. The van der Waals surface area contributed by atoms with E-state index in [0.29, 0.717) is 17.3 Å². The number of carbonyl (C=O) groups excluding carboxylic acids is 1. The average Bonchev–Trinajstić information content (AvgIpc) is 2.80. The lowest BCUT2D eigenvalue weighted by Gasteiger charge is -2.11. The summed E-state index contributed by atoms with van der Waals surface area (Å²) in [5.41, 5.74) is 5.91. The number of primary amides is 1. The topological polar surface area (TPSA) is 70.1 Å². The second-order valence-electron chi connectivity index (χ2n) is 3.74. The quantitative estimate of drug-likeness (QED) is 0.889. The third kappa shape index (κ3) is 3.24. The van der Waals surface area contributed by atoms with E-state index in [1.807, 2.05) is 10.8 Å². The van der Waals surface area contributed by atoms with Gasteiger partial charge in [-0.25, -0.2) is 4.98 Å². The molecule has 1 aromatic carbocycles. The van der Waals surface area contributed by atoms with Crippen LogP contribution in [-0.2, 0) is 11.3 Å². The summed E-state index contributed by atoms with van der Waals surface area (Å²) in [4.78, 5) is 14.7. The van der Waals surface area contributed by atoms with Crippen molar-refractivity contribution in [2.75, 3.05) is 6.61 Å². The predicted octanol–water partition coefficient (Wildman–Crippen LogP) is 1.45. The highest BCUT2D eigenvalue weighted by molar-refractivity contribution is 6.30. The minimum atomic E-state index is -0.515. The standard InChI is InChI=1S/C12H12ClN3O2/c13-10-1-2-11(18-7-12(14)17)9(5-10)6-16-4-3-15-8-16/h1-5,8H,6-7H2,(H2,14,17). The van der Waals surface area contributed by atoms with Crippen LogP contribution in [0.25, 0.3) is 0 Å². The molecular formula is C12H12ClN3O2. The fourth-order valence-electron chi connectivity index (χ4n) is 1.54. The van der Waals surface area contributed by atoms with Gasteiger partial charge in [0.1, 0.15) is 5.75 Å². The molecule has 2 aromatic rings. The lowest BCUT2D eigenvalue weighted by atomic mass is 10.2. The number of halogens is 1. The van der Waals surface area contributed by atoms with Crippen LogP contribution in [0.3, 0.4) is 0 Å². The van der Waals surface area contributed by atoms with Crippen molar-refractivity contribution in [1.82, 2.24) is 9.55 Å². The van der Waals surface area contributed by atoms with Crippen LogP contribution in [0, 0.1) is 0 Å². The molecule has 0 aliphatic carbocycles. The molecule has 0 bridgehead atoms. The van der Waals surface area contributed by atoms with E-state index in [2.05, 4.69) is 4.98 Å². The SMILES string of the molecule is NC(=O)COc1ccc(Cl)cc1Cn1ccnc1. The minimum absolute atomic E-state index is 0.154. The maximum absolute atomic E-state index is 10.7. The van der Waals surface area contributed by atoms with Crippen LogP contribution < -0.4 is 10.5 Å². The lowest BCUT2D eigenvalue weighted by Crippen LogP contribution is -2.20. The zero-order valence-corrected chi connectivity index (χ0v) is 10.3. The summed E-state index contributed by atoms with van der Waals surface area (Å²) >= 11 is 5.95. The van der Waals surface area contributed by atoms with E-state index in [4.69, 9.17) is 22.1 Å². The Bertz CT molecular complexity index is 540. The van der Waals surface area contributed by atoms with Crippen LogP contribution in [-0.4, -0.2) is 22.1 Å². The van der Waals surface area contributed by atoms with E-state index in [9.17, 15) is 4.79 Å². The Morgan fingerprint density at radius 1 is 1.50 bits per heavy atom. The van der Waals surface area contributed by atoms with Gasteiger partial charge in [0.25, 0.3) is 5.91 Å². The molecule has 0 aliphatic rings. The van der Waals surface area contributed by atoms with Crippen molar-refractivity contribution in [3.63, 3.8) is 0 Å². The van der Waals surface area contributed by atoms with E-state index < -0.39 is 5.91 Å². The van der Waals surface area contributed by atoms with Gasteiger partial charge in [-0.15, -0.1) is 0 Å². The highest BCUT2D eigenvalue weighted by Gasteiger charge is 2.07. The van der Waals surface area contributed by atoms with E-state index in [1.54, 1.807) is 30.7 Å². The maximum Gasteiger partial charge on any atom is 0.255 e. The fraction of sp³-hybridized carbons (Fsp3) is 0.167. The zero-order valence-electron chi connectivity index (χ0n) is 9.54. The molecule has 0 atom stereocenters. The molecule has 1 aromatic heterocycles. The van der Waals surface area contributed by atoms with Crippen molar-refractivity contribution < 1.29 is 9.53 Å². The van der Waals surface area contributed by atoms with Crippen LogP contribution >= 0.6 is 11.6 Å². The molecule has 5 nitrogen and oxygen atoms in total. The molecule has 1 amide bonds. The molecule has 2 N–H and O–H groups in total. The van der Waals surface area contributed by atoms with Gasteiger partial charge < -0.3 is 15.0 Å². The highest BCUT2D eigenvalue weighted by atomic mass is 35.5. The van der Waals surface area contributed by atoms with Crippen molar-refractivity contribution in [2.24, 2.45) is 5.73 Å². The van der Waals surface area contributed by atoms with Gasteiger partial charge in [-0.1, -0.05) is 11.6 Å². The summed E-state index contributed by atoms with van der Waals surface area (Å²) in [6, 6.07) is 5.21. The monoisotopic (exact) mass is 265 g/mol. The van der Waals surface area contributed by atoms with Crippen LogP contribution in [0.4, 0.5) is 0 Å². The Morgan fingerprint density at radius 3 is 3.00 bits per heavy atom. The molecule has 0 spiro atoms. The lowest BCUT2D eigenvalue weighted by molar-refractivity contribution is -0.119. The Morgan fingerprint density at radius 2 is 2.33 bits per heavy atom. The van der Waals surface area contributed by atoms with Crippen LogP contribution in [0.1, 0.15) is 5.56 Å². The molecule has 2 rings (SSSR count). The summed E-state index contributed by atoms with van der Waals surface area (Å²) in [7, 11) is 0. The summed E-state index contributed by atoms with van der Waals surface area (Å²) in [5.74, 6) is 0.0745. The van der Waals surface area contributed by atoms with Gasteiger partial charge in [0.2, 0.25) is 0 Å². The number of nitrogens with zero attached hydrogens (tertiary/aromatic N) is 2. The van der Waals surface area contributed by atoms with E-state index in [-0.39, 0.29) is 6.61 Å². The first-order chi connectivity index (χ1) is 8.65. The molecule has 0 radical (unpaired) electrons. The predicted molar refractivity (Wildman–Crippen MR) is 67.5 cm³/mol. The molecule has 94 valence electrons. The van der Waals surface area contributed by atoms with Gasteiger partial charge in [-0.05, 0) is 18.2 Å². The summed E-state index contributed by atoms with van der Waals surface area (Å²) in [6.07, 6.45) is 5.21. The van der Waals surface area contributed by atoms with Crippen LogP contribution in [0.5, 0.6) is 5.75 Å². The Balaban J connectivity index is 2.20. The van der Waals surface area contributed by atoms with Crippen LogP contribution in [0.2, 0.25) is 5.02 Å². The van der Waals surface area contributed by atoms with E-state index in [1.165, 1.54) is 0 Å². The second-order valence-corrected chi connectivity index (χ2v) is 4.18. The maximum atomic E-state index is 10.7. The molecule has 0 unspecified atom stereocenters. The molecule has 1 heterocycles. The third-order valence-corrected chi connectivity index (χ3v) is 2.54. The summed E-state index contributed by atoms with van der Waals surface area (Å²) in [6.45, 7) is 0.410. The molecule has 6 heteroatoms. The first kappa shape index (κ1) is 12.4. The van der Waals surface area contributed by atoms with Crippen LogP contribution in [0.15, 0.2) is 36.9 Å². The number of ether oxygens (including phenoxy) is 1. The molecule has 0 saturated carbocycles. The van der Waals surface area contributed by atoms with Crippen molar-refractivity contribution in [3.05, 3.63) is 47.5 Å². The second kappa shape index (κ2) is 5.55. The van der Waals surface area contributed by atoms with Gasteiger partial charge in [0.15, 0.2) is 6.61 Å².